The summed E-state index contributed by atoms with van der Waals surface area (Å²) in [6, 6.07) is 10.5. The van der Waals surface area contributed by atoms with E-state index in [0.717, 1.165) is 25.9 Å². The van der Waals surface area contributed by atoms with Crippen molar-refractivity contribution in [2.75, 3.05) is 0 Å². The number of hydrogen-bond donors (Lipinski definition) is 1. The van der Waals surface area contributed by atoms with Gasteiger partial charge in [0.15, 0.2) is 0 Å². The van der Waals surface area contributed by atoms with Crippen LogP contribution in [0.3, 0.4) is 0 Å². The van der Waals surface area contributed by atoms with Crippen molar-refractivity contribution in [1.29, 1.82) is 0 Å². The average molecular weight is 285 g/mol. The monoisotopic (exact) mass is 285 g/mol. The maximum atomic E-state index is 4.61. The molecule has 1 aromatic carbocycles. The minimum absolute atomic E-state index is 0.130. The highest BCUT2D eigenvalue weighted by atomic mass is 15.3. The van der Waals surface area contributed by atoms with E-state index >= 15 is 0 Å². The predicted molar refractivity (Wildman–Crippen MR) is 88.4 cm³/mol. The summed E-state index contributed by atoms with van der Waals surface area (Å²) in [5.41, 5.74) is 4.11. The average Bonchev–Trinajstić information content (AvgIpc) is 2.80. The molecule has 0 amide bonds. The van der Waals surface area contributed by atoms with E-state index in [4.69, 9.17) is 0 Å². The fraction of sp³-hybridized carbons (Fsp3) is 0.500. The first-order valence-electron chi connectivity index (χ1n) is 7.82. The van der Waals surface area contributed by atoms with E-state index in [1.54, 1.807) is 0 Å². The van der Waals surface area contributed by atoms with Gasteiger partial charge in [-0.2, -0.15) is 5.10 Å². The molecule has 0 radical (unpaired) electrons. The highest BCUT2D eigenvalue weighted by molar-refractivity contribution is 5.21. The topological polar surface area (TPSA) is 29.9 Å². The van der Waals surface area contributed by atoms with Crippen molar-refractivity contribution in [3.05, 3.63) is 53.3 Å². The first-order valence-corrected chi connectivity index (χ1v) is 7.82. The Hall–Kier alpha value is -1.61. The van der Waals surface area contributed by atoms with Crippen molar-refractivity contribution >= 4 is 0 Å². The van der Waals surface area contributed by atoms with Gasteiger partial charge < -0.3 is 5.32 Å². The molecule has 1 N–H and O–H groups in total. The number of aromatic nitrogens is 2. The molecule has 0 saturated heterocycles. The van der Waals surface area contributed by atoms with Crippen molar-refractivity contribution in [2.24, 2.45) is 0 Å². The van der Waals surface area contributed by atoms with Gasteiger partial charge in [0.1, 0.15) is 0 Å². The van der Waals surface area contributed by atoms with E-state index in [2.05, 4.69) is 73.1 Å². The van der Waals surface area contributed by atoms with Gasteiger partial charge in [-0.15, -0.1) is 0 Å². The maximum absolute atomic E-state index is 4.61. The number of nitrogens with one attached hydrogen (secondary N) is 1. The predicted octanol–water partition coefficient (Wildman–Crippen LogP) is 3.77. The van der Waals surface area contributed by atoms with Crippen LogP contribution in [-0.4, -0.2) is 15.3 Å². The molecule has 0 aliphatic carbocycles. The fourth-order valence-corrected chi connectivity index (χ4v) is 2.38. The Morgan fingerprint density at radius 1 is 1.14 bits per heavy atom. The third-order valence-corrected chi connectivity index (χ3v) is 3.51. The molecule has 0 bridgehead atoms. The molecule has 0 unspecified atom stereocenters. The summed E-state index contributed by atoms with van der Waals surface area (Å²) in [4.78, 5) is 0. The van der Waals surface area contributed by atoms with Crippen LogP contribution in [0.2, 0.25) is 0 Å². The summed E-state index contributed by atoms with van der Waals surface area (Å²) < 4.78 is 2.15. The van der Waals surface area contributed by atoms with E-state index in [-0.39, 0.29) is 5.54 Å². The molecule has 2 aromatic rings. The molecule has 0 atom stereocenters. The lowest BCUT2D eigenvalue weighted by atomic mass is 10.1. The minimum atomic E-state index is 0.130. The second kappa shape index (κ2) is 6.90. The molecule has 0 spiro atoms. The zero-order chi connectivity index (χ0) is 15.3. The highest BCUT2D eigenvalue weighted by Gasteiger charge is 2.14. The van der Waals surface area contributed by atoms with Crippen LogP contribution in [0.25, 0.3) is 0 Å². The lowest BCUT2D eigenvalue weighted by Crippen LogP contribution is -2.35. The van der Waals surface area contributed by atoms with Crippen LogP contribution in [0.15, 0.2) is 36.5 Å². The van der Waals surface area contributed by atoms with Gasteiger partial charge in [-0.3, -0.25) is 4.68 Å². The Bertz CT molecular complexity index is 550. The van der Waals surface area contributed by atoms with Gasteiger partial charge >= 0.3 is 0 Å². The second-order valence-electron chi connectivity index (χ2n) is 6.61. The first kappa shape index (κ1) is 15.8. The molecule has 0 aliphatic heterocycles. The Kier molecular flexibility index (Phi) is 5.18. The first-order chi connectivity index (χ1) is 9.99. The van der Waals surface area contributed by atoms with E-state index in [1.807, 2.05) is 6.20 Å². The molecule has 21 heavy (non-hydrogen) atoms. The third kappa shape index (κ3) is 4.71. The van der Waals surface area contributed by atoms with Crippen molar-refractivity contribution in [3.8, 4) is 0 Å². The Balaban J connectivity index is 2.16. The zero-order valence-electron chi connectivity index (χ0n) is 13.7. The molecule has 1 heterocycles. The van der Waals surface area contributed by atoms with E-state index < -0.39 is 0 Å². The molecule has 1 aromatic heterocycles. The van der Waals surface area contributed by atoms with Gasteiger partial charge in [-0.1, -0.05) is 43.7 Å². The minimum Gasteiger partial charge on any atom is -0.308 e. The molecule has 2 rings (SSSR count). The van der Waals surface area contributed by atoms with Gasteiger partial charge in [0.25, 0.3) is 0 Å². The standard InChI is InChI=1S/C18H27N3/c1-5-9-17-16(12-19-18(2,3)4)13-20-21(17)14-15-10-7-6-8-11-15/h6-8,10-11,13,19H,5,9,12,14H2,1-4H3. The van der Waals surface area contributed by atoms with Crippen LogP contribution >= 0.6 is 0 Å². The van der Waals surface area contributed by atoms with E-state index in [1.165, 1.54) is 16.8 Å². The summed E-state index contributed by atoms with van der Waals surface area (Å²) in [7, 11) is 0. The maximum Gasteiger partial charge on any atom is 0.0662 e. The van der Waals surface area contributed by atoms with Crippen molar-refractivity contribution in [1.82, 2.24) is 15.1 Å². The largest absolute Gasteiger partial charge is 0.308 e. The quantitative estimate of drug-likeness (QED) is 0.875. The molecule has 114 valence electrons. The molecule has 3 heteroatoms. The van der Waals surface area contributed by atoms with Crippen LogP contribution in [0, 0.1) is 0 Å². The lowest BCUT2D eigenvalue weighted by molar-refractivity contribution is 0.423. The van der Waals surface area contributed by atoms with E-state index in [9.17, 15) is 0 Å². The molecular weight excluding hydrogens is 258 g/mol. The number of hydrogen-bond acceptors (Lipinski definition) is 2. The second-order valence-corrected chi connectivity index (χ2v) is 6.61. The van der Waals surface area contributed by atoms with Crippen LogP contribution < -0.4 is 5.32 Å². The zero-order valence-corrected chi connectivity index (χ0v) is 13.7. The molecule has 0 fully saturated rings. The molecular formula is C18H27N3. The van der Waals surface area contributed by atoms with Crippen molar-refractivity contribution < 1.29 is 0 Å². The summed E-state index contributed by atoms with van der Waals surface area (Å²) in [5.74, 6) is 0. The van der Waals surface area contributed by atoms with Crippen LogP contribution in [0.1, 0.15) is 50.9 Å². The van der Waals surface area contributed by atoms with Crippen LogP contribution in [0.5, 0.6) is 0 Å². The fourth-order valence-electron chi connectivity index (χ4n) is 2.38. The number of rotatable bonds is 6. The summed E-state index contributed by atoms with van der Waals surface area (Å²) in [5, 5.41) is 8.17. The van der Waals surface area contributed by atoms with Crippen LogP contribution in [0.4, 0.5) is 0 Å². The van der Waals surface area contributed by atoms with Crippen molar-refractivity contribution in [2.45, 2.75) is 59.2 Å². The number of benzene rings is 1. The number of nitrogens with zero attached hydrogens (tertiary/aromatic N) is 2. The molecule has 0 saturated carbocycles. The van der Waals surface area contributed by atoms with Gasteiger partial charge in [0, 0.05) is 23.3 Å². The van der Waals surface area contributed by atoms with Gasteiger partial charge in [0.05, 0.1) is 12.7 Å². The molecule has 3 nitrogen and oxygen atoms in total. The Labute approximate surface area is 128 Å². The Morgan fingerprint density at radius 2 is 1.86 bits per heavy atom. The summed E-state index contributed by atoms with van der Waals surface area (Å²) >= 11 is 0. The molecule has 0 aliphatic rings. The van der Waals surface area contributed by atoms with Gasteiger partial charge in [0.2, 0.25) is 0 Å². The third-order valence-electron chi connectivity index (χ3n) is 3.51. The Morgan fingerprint density at radius 3 is 2.48 bits per heavy atom. The van der Waals surface area contributed by atoms with Gasteiger partial charge in [-0.25, -0.2) is 0 Å². The summed E-state index contributed by atoms with van der Waals surface area (Å²) in [6.07, 6.45) is 4.24. The van der Waals surface area contributed by atoms with Crippen LogP contribution in [-0.2, 0) is 19.5 Å². The van der Waals surface area contributed by atoms with E-state index in [0.29, 0.717) is 0 Å². The SMILES string of the molecule is CCCc1c(CNC(C)(C)C)cnn1Cc1ccccc1. The lowest BCUT2D eigenvalue weighted by Gasteiger charge is -2.20. The highest BCUT2D eigenvalue weighted by Crippen LogP contribution is 2.14. The smallest absolute Gasteiger partial charge is 0.0662 e. The summed E-state index contributed by atoms with van der Waals surface area (Å²) in [6.45, 7) is 10.5. The van der Waals surface area contributed by atoms with Gasteiger partial charge in [-0.05, 0) is 32.8 Å². The normalized spacial score (nSPS) is 11.8. The van der Waals surface area contributed by atoms with Crippen molar-refractivity contribution in [3.63, 3.8) is 0 Å².